The summed E-state index contributed by atoms with van der Waals surface area (Å²) in [5.74, 6) is 0.509. The maximum atomic E-state index is 12.9. The Bertz CT molecular complexity index is 1030. The molecule has 3 rings (SSSR count). The molecule has 0 atom stereocenters. The van der Waals surface area contributed by atoms with Gasteiger partial charge in [0.05, 0.1) is 12.2 Å². The summed E-state index contributed by atoms with van der Waals surface area (Å²) in [6.45, 7) is 4.29. The van der Waals surface area contributed by atoms with Crippen LogP contribution in [0, 0.1) is 13.8 Å². The number of pyridine rings is 1. The molecule has 8 heteroatoms. The second kappa shape index (κ2) is 9.71. The van der Waals surface area contributed by atoms with Crippen molar-refractivity contribution in [1.82, 2.24) is 9.55 Å². The molecule has 2 aromatic heterocycles. The van der Waals surface area contributed by atoms with Gasteiger partial charge in [-0.05, 0) is 50.2 Å². The van der Waals surface area contributed by atoms with Crippen LogP contribution in [0.4, 0.5) is 16.2 Å². The molecule has 30 heavy (non-hydrogen) atoms. The summed E-state index contributed by atoms with van der Waals surface area (Å²) < 4.78 is 11.7. The normalized spacial score (nSPS) is 10.5. The van der Waals surface area contributed by atoms with Crippen molar-refractivity contribution in [2.45, 2.75) is 13.8 Å². The van der Waals surface area contributed by atoms with E-state index in [1.54, 1.807) is 30.5 Å². The molecule has 0 aliphatic rings. The lowest BCUT2D eigenvalue weighted by Gasteiger charge is -2.10. The van der Waals surface area contributed by atoms with Gasteiger partial charge in [0.1, 0.15) is 12.4 Å². The van der Waals surface area contributed by atoms with Gasteiger partial charge in [0, 0.05) is 36.1 Å². The summed E-state index contributed by atoms with van der Waals surface area (Å²) in [4.78, 5) is 29.0. The Morgan fingerprint density at radius 3 is 2.47 bits per heavy atom. The molecule has 2 amide bonds. The maximum Gasteiger partial charge on any atom is 0.411 e. The fraction of sp³-hybridized carbons (Fsp3) is 0.227. The molecular weight excluding hydrogens is 384 g/mol. The molecule has 156 valence electrons. The van der Waals surface area contributed by atoms with Crippen LogP contribution in [0.25, 0.3) is 5.82 Å². The molecule has 3 aromatic rings. The summed E-state index contributed by atoms with van der Waals surface area (Å²) in [7, 11) is 1.53. The number of ether oxygens (including phenoxy) is 2. The van der Waals surface area contributed by atoms with E-state index in [2.05, 4.69) is 15.6 Å². The molecule has 0 bridgehead atoms. The number of anilines is 2. The van der Waals surface area contributed by atoms with Gasteiger partial charge >= 0.3 is 6.09 Å². The Hall–Kier alpha value is -3.65. The Morgan fingerprint density at radius 2 is 1.77 bits per heavy atom. The van der Waals surface area contributed by atoms with E-state index in [1.165, 1.54) is 7.11 Å². The van der Waals surface area contributed by atoms with Gasteiger partial charge in [0.15, 0.2) is 0 Å². The van der Waals surface area contributed by atoms with E-state index < -0.39 is 6.09 Å². The average molecular weight is 408 g/mol. The lowest BCUT2D eigenvalue weighted by Crippen LogP contribution is -2.17. The van der Waals surface area contributed by atoms with Crippen LogP contribution in [0.1, 0.15) is 21.7 Å². The maximum absolute atomic E-state index is 12.9. The predicted octanol–water partition coefficient (Wildman–Crippen LogP) is 3.94. The second-order valence-corrected chi connectivity index (χ2v) is 6.60. The molecule has 0 saturated heterocycles. The molecule has 0 saturated carbocycles. The summed E-state index contributed by atoms with van der Waals surface area (Å²) in [6, 6.07) is 14.3. The first-order valence-corrected chi connectivity index (χ1v) is 9.44. The second-order valence-electron chi connectivity index (χ2n) is 6.60. The van der Waals surface area contributed by atoms with Crippen LogP contribution in [0.15, 0.2) is 54.7 Å². The van der Waals surface area contributed by atoms with Gasteiger partial charge in [-0.15, -0.1) is 0 Å². The molecule has 0 aliphatic heterocycles. The Balaban J connectivity index is 1.72. The van der Waals surface area contributed by atoms with Gasteiger partial charge in [-0.3, -0.25) is 10.1 Å². The number of hydrogen-bond donors (Lipinski definition) is 2. The summed E-state index contributed by atoms with van der Waals surface area (Å²) in [6.07, 6.45) is 1.13. The number of rotatable bonds is 7. The number of amides is 2. The Labute approximate surface area is 174 Å². The minimum absolute atomic E-state index is 0.157. The molecule has 0 fully saturated rings. The van der Waals surface area contributed by atoms with Crippen LogP contribution in [0.5, 0.6) is 0 Å². The number of nitrogens with one attached hydrogen (secondary N) is 2. The zero-order chi connectivity index (χ0) is 21.5. The number of benzene rings is 1. The van der Waals surface area contributed by atoms with Crippen LogP contribution in [0.3, 0.4) is 0 Å². The van der Waals surface area contributed by atoms with E-state index in [4.69, 9.17) is 9.47 Å². The van der Waals surface area contributed by atoms with Gasteiger partial charge in [0.2, 0.25) is 0 Å². The van der Waals surface area contributed by atoms with Crippen LogP contribution in [-0.2, 0) is 9.47 Å². The third-order valence-electron chi connectivity index (χ3n) is 4.44. The van der Waals surface area contributed by atoms with Crippen LogP contribution in [0.2, 0.25) is 0 Å². The summed E-state index contributed by atoms with van der Waals surface area (Å²) in [5.41, 5.74) is 3.31. The SMILES string of the molecule is COCCOC(=O)Nc1cccc(NC(=O)c2cc(C)n(-c3ccccn3)c2C)c1. The highest BCUT2D eigenvalue weighted by molar-refractivity contribution is 6.05. The number of aryl methyl sites for hydroxylation is 1. The smallest absolute Gasteiger partial charge is 0.411 e. The highest BCUT2D eigenvalue weighted by atomic mass is 16.6. The highest BCUT2D eigenvalue weighted by Gasteiger charge is 2.17. The number of carbonyl (C=O) groups is 2. The zero-order valence-electron chi connectivity index (χ0n) is 17.1. The van der Waals surface area contributed by atoms with Crippen LogP contribution < -0.4 is 10.6 Å². The number of nitrogens with zero attached hydrogens (tertiary/aromatic N) is 2. The minimum atomic E-state index is -0.588. The average Bonchev–Trinajstić information content (AvgIpc) is 3.03. The van der Waals surface area contributed by atoms with Gasteiger partial charge < -0.3 is 19.4 Å². The monoisotopic (exact) mass is 408 g/mol. The predicted molar refractivity (Wildman–Crippen MR) is 114 cm³/mol. The first kappa shape index (κ1) is 21.1. The van der Waals surface area contributed by atoms with Crippen molar-refractivity contribution in [1.29, 1.82) is 0 Å². The molecule has 2 heterocycles. The van der Waals surface area contributed by atoms with Crippen molar-refractivity contribution in [3.05, 3.63) is 71.7 Å². The number of carbonyl (C=O) groups excluding carboxylic acids is 2. The van der Waals surface area contributed by atoms with E-state index in [0.717, 1.165) is 17.2 Å². The molecule has 0 aliphatic carbocycles. The lowest BCUT2D eigenvalue weighted by molar-refractivity contribution is 0.102. The molecule has 0 radical (unpaired) electrons. The third kappa shape index (κ3) is 5.03. The number of aromatic nitrogens is 2. The van der Waals surface area contributed by atoms with Crippen molar-refractivity contribution in [3.8, 4) is 5.82 Å². The van der Waals surface area contributed by atoms with E-state index >= 15 is 0 Å². The largest absolute Gasteiger partial charge is 0.447 e. The van der Waals surface area contributed by atoms with Gasteiger partial charge in [0.25, 0.3) is 5.91 Å². The third-order valence-corrected chi connectivity index (χ3v) is 4.44. The quantitative estimate of drug-likeness (QED) is 0.578. The minimum Gasteiger partial charge on any atom is -0.447 e. The first-order chi connectivity index (χ1) is 14.5. The van der Waals surface area contributed by atoms with Gasteiger partial charge in [-0.25, -0.2) is 9.78 Å². The van der Waals surface area contributed by atoms with Crippen molar-refractivity contribution in [2.24, 2.45) is 0 Å². The summed E-state index contributed by atoms with van der Waals surface area (Å²) >= 11 is 0. The Kier molecular flexibility index (Phi) is 6.82. The molecule has 0 spiro atoms. The zero-order valence-corrected chi connectivity index (χ0v) is 17.1. The van der Waals surface area contributed by atoms with Crippen LogP contribution in [-0.4, -0.2) is 41.9 Å². The number of hydrogen-bond acceptors (Lipinski definition) is 5. The van der Waals surface area contributed by atoms with Crippen molar-refractivity contribution >= 4 is 23.4 Å². The van der Waals surface area contributed by atoms with Crippen molar-refractivity contribution in [3.63, 3.8) is 0 Å². The number of methoxy groups -OCH3 is 1. The van der Waals surface area contributed by atoms with E-state index in [0.29, 0.717) is 23.5 Å². The van der Waals surface area contributed by atoms with Crippen molar-refractivity contribution in [2.75, 3.05) is 31.0 Å². The fourth-order valence-corrected chi connectivity index (χ4v) is 3.08. The first-order valence-electron chi connectivity index (χ1n) is 9.44. The fourth-order valence-electron chi connectivity index (χ4n) is 3.08. The van der Waals surface area contributed by atoms with Crippen LogP contribution >= 0.6 is 0 Å². The van der Waals surface area contributed by atoms with Gasteiger partial charge in [-0.1, -0.05) is 12.1 Å². The lowest BCUT2D eigenvalue weighted by atomic mass is 10.2. The standard InChI is InChI=1S/C22H24N4O4/c1-15-13-19(16(2)26(15)20-9-4-5-10-23-20)21(27)24-17-7-6-8-18(14-17)25-22(28)30-12-11-29-3/h4-10,13-14H,11-12H2,1-3H3,(H,24,27)(H,25,28). The van der Waals surface area contributed by atoms with E-state index in [1.807, 2.05) is 42.7 Å². The van der Waals surface area contributed by atoms with Crippen molar-refractivity contribution < 1.29 is 19.1 Å². The molecule has 2 N–H and O–H groups in total. The van der Waals surface area contributed by atoms with E-state index in [-0.39, 0.29) is 12.5 Å². The Morgan fingerprint density at radius 1 is 1.00 bits per heavy atom. The topological polar surface area (TPSA) is 94.5 Å². The van der Waals surface area contributed by atoms with Gasteiger partial charge in [-0.2, -0.15) is 0 Å². The van der Waals surface area contributed by atoms with E-state index in [9.17, 15) is 9.59 Å². The molecule has 0 unspecified atom stereocenters. The molecule has 8 nitrogen and oxygen atoms in total. The molecule has 1 aromatic carbocycles. The highest BCUT2D eigenvalue weighted by Crippen LogP contribution is 2.22. The summed E-state index contributed by atoms with van der Waals surface area (Å²) in [5, 5.41) is 5.49. The molecular formula is C22H24N4O4.